The minimum Gasteiger partial charge on any atom is -0.462 e. The van der Waals surface area contributed by atoms with Gasteiger partial charge >= 0.3 is 27.6 Å². The highest BCUT2D eigenvalue weighted by Gasteiger charge is 2.39. The van der Waals surface area contributed by atoms with E-state index in [1.165, 1.54) is 64.2 Å². The molecule has 1 unspecified atom stereocenters. The Bertz CT molecular complexity index is 1360. The third-order valence-electron chi connectivity index (χ3n) is 11.5. The Morgan fingerprint density at radius 3 is 1.73 bits per heavy atom. The van der Waals surface area contributed by atoms with Crippen molar-refractivity contribution < 1.29 is 76.6 Å². The summed E-state index contributed by atoms with van der Waals surface area (Å²) in [4.78, 5) is 65.6. The van der Waals surface area contributed by atoms with Crippen LogP contribution in [0.15, 0.2) is 12.2 Å². The van der Waals surface area contributed by atoms with Crippen LogP contribution in [0.5, 0.6) is 0 Å². The van der Waals surface area contributed by atoms with E-state index < -0.39 is 84.3 Å². The zero-order valence-electron chi connectivity index (χ0n) is 39.3. The summed E-state index contributed by atoms with van der Waals surface area (Å²) in [5.74, 6) is -1.06. The van der Waals surface area contributed by atoms with Gasteiger partial charge in [0.05, 0.1) is 32.0 Å². The number of hydrogen-bond donors (Lipinski definition) is 6. The molecule has 0 aromatic carbocycles. The van der Waals surface area contributed by atoms with Crippen LogP contribution in [0.4, 0.5) is 0 Å². The molecule has 0 radical (unpaired) electrons. The van der Waals surface area contributed by atoms with Gasteiger partial charge in [-0.15, -0.1) is 0 Å². The lowest BCUT2D eigenvalue weighted by molar-refractivity contribution is -0.161. The van der Waals surface area contributed by atoms with Gasteiger partial charge in [-0.25, -0.2) is 9.13 Å². The largest absolute Gasteiger partial charge is 0.472 e. The maximum absolute atomic E-state index is 12.8. The summed E-state index contributed by atoms with van der Waals surface area (Å²) >= 11 is 0. The number of carbonyl (C=O) groups is 3. The molecule has 64 heavy (non-hydrogen) atoms. The van der Waals surface area contributed by atoms with Crippen molar-refractivity contribution in [2.45, 2.75) is 219 Å². The first-order chi connectivity index (χ1) is 30.4. The number of hydrogen-bond acceptors (Lipinski definition) is 13. The van der Waals surface area contributed by atoms with Crippen LogP contribution in [0, 0.1) is 17.8 Å². The summed E-state index contributed by atoms with van der Waals surface area (Å²) < 4.78 is 47.9. The first-order valence-electron chi connectivity index (χ1n) is 24.3. The number of rotatable bonds is 42. The second kappa shape index (κ2) is 36.5. The van der Waals surface area contributed by atoms with Gasteiger partial charge in [0.15, 0.2) is 6.10 Å². The van der Waals surface area contributed by atoms with E-state index in [1.54, 1.807) is 12.2 Å². The van der Waals surface area contributed by atoms with E-state index >= 15 is 0 Å². The van der Waals surface area contributed by atoms with Crippen molar-refractivity contribution in [3.8, 4) is 0 Å². The maximum Gasteiger partial charge on any atom is 0.472 e. The van der Waals surface area contributed by atoms with Crippen molar-refractivity contribution in [1.82, 2.24) is 0 Å². The molecule has 0 heterocycles. The molecule has 0 saturated heterocycles. The second-order valence-electron chi connectivity index (χ2n) is 18.0. The van der Waals surface area contributed by atoms with E-state index in [0.29, 0.717) is 32.1 Å². The topological polar surface area (TPSA) is 253 Å². The Labute approximate surface area is 383 Å². The normalized spacial score (nSPS) is 19.3. The van der Waals surface area contributed by atoms with E-state index in [-0.39, 0.29) is 31.0 Å². The molecule has 1 fully saturated rings. The van der Waals surface area contributed by atoms with Gasteiger partial charge in [0.2, 0.25) is 0 Å². The van der Waals surface area contributed by atoms with Crippen LogP contribution < -0.4 is 0 Å². The molecule has 6 N–H and O–H groups in total. The summed E-state index contributed by atoms with van der Waals surface area (Å²) in [6, 6.07) is 0. The molecule has 1 aliphatic rings. The summed E-state index contributed by atoms with van der Waals surface area (Å²) in [5.41, 5.74) is 0. The summed E-state index contributed by atoms with van der Waals surface area (Å²) in [6.45, 7) is 3.75. The van der Waals surface area contributed by atoms with Gasteiger partial charge < -0.3 is 39.5 Å². The number of ether oxygens (including phenoxy) is 2. The predicted molar refractivity (Wildman–Crippen MR) is 245 cm³/mol. The number of allylic oxidation sites excluding steroid dienone is 1. The van der Waals surface area contributed by atoms with Crippen LogP contribution in [0.1, 0.15) is 194 Å². The lowest BCUT2D eigenvalue weighted by atomic mass is 9.88. The highest BCUT2D eigenvalue weighted by atomic mass is 31.2. The number of aliphatic hydroxyl groups is 3. The Morgan fingerprint density at radius 1 is 0.672 bits per heavy atom. The summed E-state index contributed by atoms with van der Waals surface area (Å²) in [5, 5.41) is 30.6. The first kappa shape index (κ1) is 60.5. The molecule has 376 valence electrons. The highest BCUT2D eigenvalue weighted by Crippen LogP contribution is 2.44. The van der Waals surface area contributed by atoms with E-state index in [2.05, 4.69) is 25.3 Å². The SMILES string of the molecule is CCCCC[C@H](O)/C=C/[C@H]1C(=O)C[C@H](O)[C@@H]1CCCCCCC(=O)OC[C@H](COP(=O)(O)OC[C@@H](O)COP(=O)(O)O)OC(=O)CCCCCCCCCCCCCCCCC(C)C. The third kappa shape index (κ3) is 33.8. The van der Waals surface area contributed by atoms with Crippen LogP contribution in [-0.2, 0) is 46.6 Å². The van der Waals surface area contributed by atoms with Gasteiger partial charge in [0.25, 0.3) is 0 Å². The number of phosphoric acid groups is 2. The van der Waals surface area contributed by atoms with Crippen LogP contribution in [0.3, 0.4) is 0 Å². The number of ketones is 1. The molecule has 0 aromatic heterocycles. The number of unbranched alkanes of at least 4 members (excludes halogenated alkanes) is 18. The first-order valence-corrected chi connectivity index (χ1v) is 27.4. The van der Waals surface area contributed by atoms with Gasteiger partial charge in [0.1, 0.15) is 18.5 Å². The molecular formula is C46H86O16P2. The second-order valence-corrected chi connectivity index (χ2v) is 20.7. The monoisotopic (exact) mass is 957 g/mol. The standard InChI is InChI=1S/C46H86O16P2/c1-4-5-20-26-38(47)30-31-42-41(43(49)32-44(42)50)27-22-18-19-23-28-45(51)58-35-40(36-61-64(56,57)60-34-39(48)33-59-63(53,54)55)62-46(52)29-24-17-15-13-11-9-7-6-8-10-12-14-16-21-25-37(2)3/h30-31,37-43,47-49H,4-29,32-36H2,1-3H3,(H,56,57)(H2,53,54,55)/b31-30+/t38-,39-,40+,41+,42+,43-/m0/s1. The van der Waals surface area contributed by atoms with Crippen LogP contribution in [-0.4, -0.2) is 98.6 Å². The summed E-state index contributed by atoms with van der Waals surface area (Å²) in [7, 11) is -9.76. The molecule has 18 heteroatoms. The van der Waals surface area contributed by atoms with E-state index in [1.807, 2.05) is 0 Å². The fourth-order valence-electron chi connectivity index (χ4n) is 7.73. The van der Waals surface area contributed by atoms with Crippen molar-refractivity contribution >= 4 is 33.4 Å². The van der Waals surface area contributed by atoms with E-state index in [9.17, 15) is 43.7 Å². The fraction of sp³-hybridized carbons (Fsp3) is 0.891. The highest BCUT2D eigenvalue weighted by molar-refractivity contribution is 7.47. The van der Waals surface area contributed by atoms with Crippen molar-refractivity contribution in [2.75, 3.05) is 26.4 Å². The molecule has 0 aliphatic heterocycles. The molecule has 0 spiro atoms. The zero-order chi connectivity index (χ0) is 47.6. The zero-order valence-corrected chi connectivity index (χ0v) is 41.1. The van der Waals surface area contributed by atoms with Crippen molar-refractivity contribution in [2.24, 2.45) is 17.8 Å². The van der Waals surface area contributed by atoms with Gasteiger partial charge in [-0.2, -0.15) is 0 Å². The Hall–Kier alpha value is -1.55. The fourth-order valence-corrected chi connectivity index (χ4v) is 8.89. The van der Waals surface area contributed by atoms with Crippen molar-refractivity contribution in [3.63, 3.8) is 0 Å². The molecule has 0 aromatic rings. The van der Waals surface area contributed by atoms with Crippen LogP contribution in [0.2, 0.25) is 0 Å². The van der Waals surface area contributed by atoms with Crippen molar-refractivity contribution in [1.29, 1.82) is 0 Å². The third-order valence-corrected chi connectivity index (χ3v) is 12.9. The molecule has 0 amide bonds. The van der Waals surface area contributed by atoms with Gasteiger partial charge in [-0.3, -0.25) is 28.0 Å². The van der Waals surface area contributed by atoms with E-state index in [4.69, 9.17) is 28.3 Å². The Balaban J connectivity index is 2.48. The van der Waals surface area contributed by atoms with Crippen LogP contribution >= 0.6 is 15.6 Å². The van der Waals surface area contributed by atoms with Gasteiger partial charge in [-0.1, -0.05) is 161 Å². The molecule has 1 rings (SSSR count). The van der Waals surface area contributed by atoms with Crippen LogP contribution in [0.25, 0.3) is 0 Å². The number of aliphatic hydroxyl groups excluding tert-OH is 3. The number of phosphoric ester groups is 2. The molecule has 1 saturated carbocycles. The molecule has 16 nitrogen and oxygen atoms in total. The predicted octanol–water partition coefficient (Wildman–Crippen LogP) is 9.35. The summed E-state index contributed by atoms with van der Waals surface area (Å²) in [6.07, 6.45) is 23.9. The number of carbonyl (C=O) groups excluding carboxylic acids is 3. The van der Waals surface area contributed by atoms with Gasteiger partial charge in [-0.05, 0) is 37.5 Å². The Morgan fingerprint density at radius 2 is 1.17 bits per heavy atom. The quantitative estimate of drug-likeness (QED) is 0.0144. The lowest BCUT2D eigenvalue weighted by Gasteiger charge is -2.20. The number of esters is 2. The van der Waals surface area contributed by atoms with Crippen molar-refractivity contribution in [3.05, 3.63) is 12.2 Å². The lowest BCUT2D eigenvalue weighted by Crippen LogP contribution is -2.30. The minimum absolute atomic E-state index is 0.0269. The smallest absolute Gasteiger partial charge is 0.462 e. The average Bonchev–Trinajstić information content (AvgIpc) is 3.50. The minimum atomic E-state index is -4.89. The molecule has 7 atom stereocenters. The Kier molecular flexibility index (Phi) is 34.5. The molecular weight excluding hydrogens is 870 g/mol. The maximum atomic E-state index is 12.8. The molecule has 1 aliphatic carbocycles. The molecule has 0 bridgehead atoms. The van der Waals surface area contributed by atoms with Gasteiger partial charge in [0, 0.05) is 25.2 Å². The van der Waals surface area contributed by atoms with E-state index in [0.717, 1.165) is 63.7 Å². The average molecular weight is 957 g/mol. The number of Topliss-reactive ketones (excluding diaryl/α,β-unsaturated/α-hetero) is 1.